The van der Waals surface area contributed by atoms with Crippen LogP contribution in [0.4, 0.5) is 5.69 Å². The summed E-state index contributed by atoms with van der Waals surface area (Å²) in [4.78, 5) is 0. The number of benzene rings is 1. The Morgan fingerprint density at radius 1 is 1.35 bits per heavy atom. The first-order valence-corrected chi connectivity index (χ1v) is 6.72. The van der Waals surface area contributed by atoms with E-state index in [1.165, 1.54) is 30.5 Å². The average molecular weight is 231 g/mol. The zero-order valence-electron chi connectivity index (χ0n) is 10.4. The number of fused-ring (bicyclic) bond motifs is 1. The molecule has 0 aromatic heterocycles. The number of rotatable bonds is 3. The maximum Gasteiger partial charge on any atom is 0.0825 e. The Labute approximate surface area is 103 Å². The highest BCUT2D eigenvalue weighted by molar-refractivity contribution is 5.57. The number of anilines is 1. The first-order valence-electron chi connectivity index (χ1n) is 6.72. The van der Waals surface area contributed by atoms with Crippen LogP contribution in [0.15, 0.2) is 24.3 Å². The van der Waals surface area contributed by atoms with E-state index in [0.29, 0.717) is 0 Å². The minimum Gasteiger partial charge on any atom is -0.388 e. The monoisotopic (exact) mass is 231 g/mol. The van der Waals surface area contributed by atoms with Gasteiger partial charge >= 0.3 is 0 Å². The van der Waals surface area contributed by atoms with Gasteiger partial charge in [-0.05, 0) is 37.3 Å². The van der Waals surface area contributed by atoms with Gasteiger partial charge in [0.2, 0.25) is 0 Å². The van der Waals surface area contributed by atoms with E-state index in [-0.39, 0.29) is 6.04 Å². The summed E-state index contributed by atoms with van der Waals surface area (Å²) in [6.45, 7) is 1.99. The fourth-order valence-electron chi connectivity index (χ4n) is 3.10. The summed E-state index contributed by atoms with van der Waals surface area (Å²) in [6, 6.07) is 8.56. The summed E-state index contributed by atoms with van der Waals surface area (Å²) in [5.41, 5.74) is 1.96. The molecule has 2 N–H and O–H groups in total. The van der Waals surface area contributed by atoms with E-state index in [1.807, 2.05) is 6.92 Å². The maximum atomic E-state index is 10.7. The molecule has 2 heteroatoms. The van der Waals surface area contributed by atoms with Gasteiger partial charge in [0.15, 0.2) is 0 Å². The Bertz CT molecular complexity index is 384. The number of nitrogens with one attached hydrogen (secondary N) is 1. The third-order valence-electron chi connectivity index (χ3n) is 4.45. The van der Waals surface area contributed by atoms with E-state index in [0.717, 1.165) is 18.8 Å². The molecule has 0 radical (unpaired) electrons. The molecule has 1 saturated carbocycles. The minimum atomic E-state index is -0.579. The summed E-state index contributed by atoms with van der Waals surface area (Å²) >= 11 is 0. The SMILES string of the molecule is CC(O)(CC1CCC1)C1Cc2ccccc2N1. The predicted octanol–water partition coefficient (Wildman–Crippen LogP) is 2.96. The van der Waals surface area contributed by atoms with Crippen molar-refractivity contribution in [1.82, 2.24) is 0 Å². The van der Waals surface area contributed by atoms with Gasteiger partial charge < -0.3 is 10.4 Å². The summed E-state index contributed by atoms with van der Waals surface area (Å²) in [5.74, 6) is 0.746. The first kappa shape index (κ1) is 11.1. The van der Waals surface area contributed by atoms with Crippen LogP contribution in [-0.4, -0.2) is 16.7 Å². The molecule has 1 heterocycles. The molecule has 2 atom stereocenters. The lowest BCUT2D eigenvalue weighted by atomic mass is 9.75. The quantitative estimate of drug-likeness (QED) is 0.838. The van der Waals surface area contributed by atoms with Gasteiger partial charge in [-0.25, -0.2) is 0 Å². The van der Waals surface area contributed by atoms with Gasteiger partial charge in [-0.1, -0.05) is 37.5 Å². The number of hydrogen-bond acceptors (Lipinski definition) is 2. The van der Waals surface area contributed by atoms with Crippen molar-refractivity contribution in [2.24, 2.45) is 5.92 Å². The van der Waals surface area contributed by atoms with Gasteiger partial charge in [-0.3, -0.25) is 0 Å². The van der Waals surface area contributed by atoms with Crippen LogP contribution in [0, 0.1) is 5.92 Å². The second-order valence-corrected chi connectivity index (χ2v) is 5.92. The second-order valence-electron chi connectivity index (χ2n) is 5.92. The summed E-state index contributed by atoms with van der Waals surface area (Å²) in [6.07, 6.45) is 5.85. The van der Waals surface area contributed by atoms with Crippen LogP contribution in [0.1, 0.15) is 38.2 Å². The highest BCUT2D eigenvalue weighted by Gasteiger charge is 2.38. The van der Waals surface area contributed by atoms with E-state index in [9.17, 15) is 5.11 Å². The molecule has 0 saturated heterocycles. The molecule has 0 spiro atoms. The molecule has 3 rings (SSSR count). The largest absolute Gasteiger partial charge is 0.388 e. The molecule has 0 bridgehead atoms. The van der Waals surface area contributed by atoms with E-state index < -0.39 is 5.60 Å². The topological polar surface area (TPSA) is 32.3 Å². The van der Waals surface area contributed by atoms with Crippen molar-refractivity contribution in [3.8, 4) is 0 Å². The van der Waals surface area contributed by atoms with Crippen molar-refractivity contribution in [3.05, 3.63) is 29.8 Å². The second kappa shape index (κ2) is 4.02. The first-order chi connectivity index (χ1) is 8.15. The van der Waals surface area contributed by atoms with Crippen LogP contribution < -0.4 is 5.32 Å². The van der Waals surface area contributed by atoms with Crippen LogP contribution in [0.3, 0.4) is 0 Å². The van der Waals surface area contributed by atoms with Crippen molar-refractivity contribution in [1.29, 1.82) is 0 Å². The van der Waals surface area contributed by atoms with Gasteiger partial charge in [0, 0.05) is 5.69 Å². The maximum absolute atomic E-state index is 10.7. The molecule has 1 aromatic carbocycles. The Hall–Kier alpha value is -1.02. The third kappa shape index (κ3) is 2.06. The molecule has 1 aromatic rings. The number of hydrogen-bond donors (Lipinski definition) is 2. The highest BCUT2D eigenvalue weighted by atomic mass is 16.3. The van der Waals surface area contributed by atoms with Crippen LogP contribution in [0.2, 0.25) is 0 Å². The molecule has 1 aliphatic carbocycles. The zero-order chi connectivity index (χ0) is 11.9. The minimum absolute atomic E-state index is 0.181. The summed E-state index contributed by atoms with van der Waals surface area (Å²) in [7, 11) is 0. The standard InChI is InChI=1S/C15H21NO/c1-15(17,10-11-5-4-6-11)14-9-12-7-2-3-8-13(12)16-14/h2-3,7-8,11,14,16-17H,4-6,9-10H2,1H3. The third-order valence-corrected chi connectivity index (χ3v) is 4.45. The van der Waals surface area contributed by atoms with E-state index in [2.05, 4.69) is 29.6 Å². The molecular weight excluding hydrogens is 210 g/mol. The number of aliphatic hydroxyl groups is 1. The summed E-state index contributed by atoms with van der Waals surface area (Å²) < 4.78 is 0. The van der Waals surface area contributed by atoms with Crippen LogP contribution in [-0.2, 0) is 6.42 Å². The predicted molar refractivity (Wildman–Crippen MR) is 70.1 cm³/mol. The molecule has 1 aliphatic heterocycles. The zero-order valence-corrected chi connectivity index (χ0v) is 10.4. The van der Waals surface area contributed by atoms with E-state index >= 15 is 0 Å². The van der Waals surface area contributed by atoms with Crippen molar-refractivity contribution >= 4 is 5.69 Å². The van der Waals surface area contributed by atoms with Gasteiger partial charge in [-0.15, -0.1) is 0 Å². The van der Waals surface area contributed by atoms with Crippen LogP contribution in [0.5, 0.6) is 0 Å². The Balaban J connectivity index is 1.70. The Kier molecular flexibility index (Phi) is 2.62. The molecule has 17 heavy (non-hydrogen) atoms. The van der Waals surface area contributed by atoms with E-state index in [1.54, 1.807) is 0 Å². The van der Waals surface area contributed by atoms with Crippen molar-refractivity contribution in [2.45, 2.75) is 50.7 Å². The molecule has 92 valence electrons. The summed E-state index contributed by atoms with van der Waals surface area (Å²) in [5, 5.41) is 14.1. The van der Waals surface area contributed by atoms with Gasteiger partial charge in [0.1, 0.15) is 0 Å². The molecule has 2 nitrogen and oxygen atoms in total. The fourth-order valence-corrected chi connectivity index (χ4v) is 3.10. The molecule has 2 aliphatic rings. The van der Waals surface area contributed by atoms with Gasteiger partial charge in [-0.2, -0.15) is 0 Å². The molecule has 0 amide bonds. The molecule has 1 fully saturated rings. The lowest BCUT2D eigenvalue weighted by Crippen LogP contribution is -2.45. The van der Waals surface area contributed by atoms with Gasteiger partial charge in [0.25, 0.3) is 0 Å². The van der Waals surface area contributed by atoms with Gasteiger partial charge in [0.05, 0.1) is 11.6 Å². The molecule has 2 unspecified atom stereocenters. The van der Waals surface area contributed by atoms with Crippen molar-refractivity contribution in [2.75, 3.05) is 5.32 Å². The Morgan fingerprint density at radius 2 is 2.12 bits per heavy atom. The molecular formula is C15H21NO. The fraction of sp³-hybridized carbons (Fsp3) is 0.600. The van der Waals surface area contributed by atoms with Crippen molar-refractivity contribution in [3.63, 3.8) is 0 Å². The normalized spacial score (nSPS) is 26.8. The van der Waals surface area contributed by atoms with E-state index in [4.69, 9.17) is 0 Å². The average Bonchev–Trinajstić information content (AvgIpc) is 2.68. The Morgan fingerprint density at radius 3 is 2.76 bits per heavy atom. The van der Waals surface area contributed by atoms with Crippen LogP contribution in [0.25, 0.3) is 0 Å². The number of para-hydroxylation sites is 1. The highest BCUT2D eigenvalue weighted by Crippen LogP contribution is 2.38. The smallest absolute Gasteiger partial charge is 0.0825 e. The van der Waals surface area contributed by atoms with Crippen molar-refractivity contribution < 1.29 is 5.11 Å². The lowest BCUT2D eigenvalue weighted by Gasteiger charge is -2.37. The lowest BCUT2D eigenvalue weighted by molar-refractivity contribution is 0.00478. The van der Waals surface area contributed by atoms with Crippen LogP contribution >= 0.6 is 0 Å².